The molecule has 1 aliphatic heterocycles. The average Bonchev–Trinajstić information content (AvgIpc) is 2.48. The quantitative estimate of drug-likeness (QED) is 0.693. The van der Waals surface area contributed by atoms with E-state index >= 15 is 0 Å². The molecule has 1 aliphatic rings. The maximum absolute atomic E-state index is 10.6. The van der Waals surface area contributed by atoms with Gasteiger partial charge in [-0.25, -0.2) is 0 Å². The molecule has 2 aromatic carbocycles. The minimum absolute atomic E-state index is 0.605. The van der Waals surface area contributed by atoms with Crippen molar-refractivity contribution >= 4 is 38.5 Å². The zero-order chi connectivity index (χ0) is 14.1. The smallest absolute Gasteiger partial charge is 0.122 e. The number of fused-ring (bicyclic) bond motifs is 1. The minimum Gasteiger partial charge on any atom is -0.493 e. The van der Waals surface area contributed by atoms with Crippen molar-refractivity contribution in [1.82, 2.24) is 0 Å². The van der Waals surface area contributed by atoms with E-state index in [-0.39, 0.29) is 0 Å². The number of aliphatic hydroxyl groups excluding tert-OH is 1. The summed E-state index contributed by atoms with van der Waals surface area (Å²) in [7, 11) is 0. The predicted octanol–water partition coefficient (Wildman–Crippen LogP) is 4.46. The monoisotopic (exact) mass is 444 g/mol. The van der Waals surface area contributed by atoms with Gasteiger partial charge in [0.2, 0.25) is 0 Å². The second kappa shape index (κ2) is 6.03. The van der Waals surface area contributed by atoms with Crippen LogP contribution in [0.25, 0.3) is 0 Å². The molecule has 2 aromatic rings. The van der Waals surface area contributed by atoms with Crippen LogP contribution in [0.5, 0.6) is 5.75 Å². The van der Waals surface area contributed by atoms with Crippen molar-refractivity contribution < 1.29 is 9.84 Å². The van der Waals surface area contributed by atoms with Crippen LogP contribution in [0.1, 0.15) is 29.2 Å². The third-order valence-electron chi connectivity index (χ3n) is 3.50. The average molecular weight is 445 g/mol. The van der Waals surface area contributed by atoms with Crippen LogP contribution in [0.4, 0.5) is 0 Å². The molecule has 1 unspecified atom stereocenters. The van der Waals surface area contributed by atoms with Gasteiger partial charge in [0.25, 0.3) is 0 Å². The van der Waals surface area contributed by atoms with Crippen molar-refractivity contribution in [2.24, 2.45) is 0 Å². The summed E-state index contributed by atoms with van der Waals surface area (Å²) in [5, 5.41) is 10.6. The van der Waals surface area contributed by atoms with Crippen LogP contribution in [0.15, 0.2) is 40.9 Å². The van der Waals surface area contributed by atoms with Gasteiger partial charge in [-0.3, -0.25) is 0 Å². The first kappa shape index (κ1) is 14.4. The van der Waals surface area contributed by atoms with Gasteiger partial charge in [0.1, 0.15) is 11.9 Å². The van der Waals surface area contributed by atoms with Crippen molar-refractivity contribution in [3.63, 3.8) is 0 Å². The highest BCUT2D eigenvalue weighted by molar-refractivity contribution is 14.1. The van der Waals surface area contributed by atoms with Gasteiger partial charge in [-0.15, -0.1) is 0 Å². The van der Waals surface area contributed by atoms with E-state index in [0.717, 1.165) is 44.4 Å². The Morgan fingerprint density at radius 2 is 2.05 bits per heavy atom. The zero-order valence-electron chi connectivity index (χ0n) is 10.8. The Hall–Kier alpha value is -0.590. The molecule has 2 nitrogen and oxygen atoms in total. The molecule has 1 atom stereocenters. The summed E-state index contributed by atoms with van der Waals surface area (Å²) in [5.41, 5.74) is 3.04. The van der Waals surface area contributed by atoms with Crippen LogP contribution in [-0.4, -0.2) is 11.7 Å². The van der Waals surface area contributed by atoms with Crippen LogP contribution in [0.3, 0.4) is 0 Å². The molecule has 0 bridgehead atoms. The first-order valence-electron chi connectivity index (χ1n) is 6.54. The van der Waals surface area contributed by atoms with Gasteiger partial charge in [0.05, 0.1) is 6.61 Å². The second-order valence-corrected chi connectivity index (χ2v) is 6.97. The van der Waals surface area contributed by atoms with E-state index in [0.29, 0.717) is 0 Å². The van der Waals surface area contributed by atoms with Crippen LogP contribution >= 0.6 is 38.5 Å². The van der Waals surface area contributed by atoms with Crippen LogP contribution in [-0.2, 0) is 6.42 Å². The maximum Gasteiger partial charge on any atom is 0.122 e. The van der Waals surface area contributed by atoms with Gasteiger partial charge in [-0.2, -0.15) is 0 Å². The fourth-order valence-corrected chi connectivity index (χ4v) is 3.46. The lowest BCUT2D eigenvalue weighted by Gasteiger charge is -2.20. The molecular formula is C16H14BrIO2. The van der Waals surface area contributed by atoms with E-state index in [1.54, 1.807) is 0 Å². The van der Waals surface area contributed by atoms with Gasteiger partial charge >= 0.3 is 0 Å². The third kappa shape index (κ3) is 2.87. The van der Waals surface area contributed by atoms with Gasteiger partial charge in [0.15, 0.2) is 0 Å². The van der Waals surface area contributed by atoms with Gasteiger partial charge in [-0.05, 0) is 82.5 Å². The summed E-state index contributed by atoms with van der Waals surface area (Å²) in [5.74, 6) is 0.955. The van der Waals surface area contributed by atoms with Crippen LogP contribution < -0.4 is 4.74 Å². The number of aryl methyl sites for hydroxylation is 1. The highest BCUT2D eigenvalue weighted by Gasteiger charge is 2.17. The molecule has 1 N–H and O–H groups in total. The summed E-state index contributed by atoms with van der Waals surface area (Å²) in [6.07, 6.45) is 1.46. The van der Waals surface area contributed by atoms with Gasteiger partial charge in [-0.1, -0.05) is 22.0 Å². The SMILES string of the molecule is OC(c1ccc2c(c1)CCCO2)c1cc(Br)ccc1I. The topological polar surface area (TPSA) is 29.5 Å². The normalized spacial score (nSPS) is 15.3. The van der Waals surface area contributed by atoms with Crippen molar-refractivity contribution in [3.05, 3.63) is 61.1 Å². The number of aliphatic hydroxyl groups is 1. The molecule has 0 aromatic heterocycles. The van der Waals surface area contributed by atoms with Crippen LogP contribution in [0.2, 0.25) is 0 Å². The Morgan fingerprint density at radius 1 is 1.20 bits per heavy atom. The zero-order valence-corrected chi connectivity index (χ0v) is 14.5. The Morgan fingerprint density at radius 3 is 2.90 bits per heavy atom. The molecule has 1 heterocycles. The Kier molecular flexibility index (Phi) is 4.33. The standard InChI is InChI=1S/C16H14BrIO2/c17-12-4-5-14(18)13(9-12)16(19)11-3-6-15-10(8-11)2-1-7-20-15/h3-6,8-9,16,19H,1-2,7H2. The number of ether oxygens (including phenoxy) is 1. The van der Waals surface area contributed by atoms with E-state index in [1.807, 2.05) is 30.3 Å². The third-order valence-corrected chi connectivity index (χ3v) is 4.98. The lowest BCUT2D eigenvalue weighted by atomic mass is 9.97. The van der Waals surface area contributed by atoms with Gasteiger partial charge in [0, 0.05) is 8.04 Å². The van der Waals surface area contributed by atoms with E-state index < -0.39 is 6.10 Å². The second-order valence-electron chi connectivity index (χ2n) is 4.89. The molecule has 0 radical (unpaired) electrons. The van der Waals surface area contributed by atoms with Crippen molar-refractivity contribution in [2.45, 2.75) is 18.9 Å². The fourth-order valence-electron chi connectivity index (χ4n) is 2.45. The van der Waals surface area contributed by atoms with E-state index in [4.69, 9.17) is 4.74 Å². The van der Waals surface area contributed by atoms with E-state index in [9.17, 15) is 5.11 Å². The summed E-state index contributed by atoms with van der Waals surface area (Å²) >= 11 is 5.72. The number of benzene rings is 2. The number of rotatable bonds is 2. The molecule has 3 rings (SSSR count). The number of hydrogen-bond acceptors (Lipinski definition) is 2. The van der Waals surface area contributed by atoms with Crippen molar-refractivity contribution in [1.29, 1.82) is 0 Å². The highest BCUT2D eigenvalue weighted by Crippen LogP contribution is 2.32. The Bertz CT molecular complexity index is 642. The molecule has 0 aliphatic carbocycles. The lowest BCUT2D eigenvalue weighted by molar-refractivity contribution is 0.218. The molecule has 20 heavy (non-hydrogen) atoms. The summed E-state index contributed by atoms with van der Waals surface area (Å²) in [6, 6.07) is 12.0. The first-order valence-corrected chi connectivity index (χ1v) is 8.41. The number of halogens is 2. The van der Waals surface area contributed by atoms with E-state index in [1.165, 1.54) is 5.56 Å². The summed E-state index contributed by atoms with van der Waals surface area (Å²) in [4.78, 5) is 0. The molecule has 104 valence electrons. The summed E-state index contributed by atoms with van der Waals surface area (Å²) in [6.45, 7) is 0.790. The van der Waals surface area contributed by atoms with Crippen LogP contribution in [0, 0.1) is 3.57 Å². The Labute approximate surface area is 140 Å². The molecule has 4 heteroatoms. The first-order chi connectivity index (χ1) is 9.65. The van der Waals surface area contributed by atoms with Crippen molar-refractivity contribution in [3.8, 4) is 5.75 Å². The molecule has 0 saturated heterocycles. The van der Waals surface area contributed by atoms with Gasteiger partial charge < -0.3 is 9.84 Å². The lowest BCUT2D eigenvalue weighted by Crippen LogP contribution is -2.10. The van der Waals surface area contributed by atoms with E-state index in [2.05, 4.69) is 44.6 Å². The van der Waals surface area contributed by atoms with Crippen molar-refractivity contribution in [2.75, 3.05) is 6.61 Å². The number of hydrogen-bond donors (Lipinski definition) is 1. The molecule has 0 amide bonds. The minimum atomic E-state index is -0.605. The molecular weight excluding hydrogens is 431 g/mol. The Balaban J connectivity index is 1.97. The largest absolute Gasteiger partial charge is 0.493 e. The maximum atomic E-state index is 10.6. The highest BCUT2D eigenvalue weighted by atomic mass is 127. The molecule has 0 saturated carbocycles. The summed E-state index contributed by atoms with van der Waals surface area (Å²) < 4.78 is 7.66. The predicted molar refractivity (Wildman–Crippen MR) is 91.2 cm³/mol. The molecule has 0 spiro atoms. The fraction of sp³-hybridized carbons (Fsp3) is 0.250. The molecule has 0 fully saturated rings.